The Morgan fingerprint density at radius 2 is 1.65 bits per heavy atom. The number of carbonyl (C=O) groups is 1. The van der Waals surface area contributed by atoms with Gasteiger partial charge in [-0.25, -0.2) is 14.1 Å². The van der Waals surface area contributed by atoms with Crippen LogP contribution >= 0.6 is 0 Å². The lowest BCUT2D eigenvalue weighted by Crippen LogP contribution is -2.46. The molecule has 0 radical (unpaired) electrons. The van der Waals surface area contributed by atoms with Crippen molar-refractivity contribution in [2.24, 2.45) is 0 Å². The maximum atomic E-state index is 14.8. The smallest absolute Gasteiger partial charge is 0.419 e. The van der Waals surface area contributed by atoms with Gasteiger partial charge in [-0.15, -0.1) is 0 Å². The minimum atomic E-state index is -2.35. The predicted molar refractivity (Wildman–Crippen MR) is 92.8 cm³/mol. The highest BCUT2D eigenvalue weighted by Gasteiger charge is 2.56. The Labute approximate surface area is 150 Å². The van der Waals surface area contributed by atoms with Gasteiger partial charge in [-0.1, -0.05) is 36.4 Å². The summed E-state index contributed by atoms with van der Waals surface area (Å²) in [6.07, 6.45) is -5.24. The van der Waals surface area contributed by atoms with Crippen molar-refractivity contribution in [1.29, 1.82) is 0 Å². The molecule has 7 heteroatoms. The van der Waals surface area contributed by atoms with Crippen LogP contribution in [0.25, 0.3) is 0 Å². The number of hydrogen-bond donors (Lipinski definition) is 2. The van der Waals surface area contributed by atoms with E-state index >= 15 is 0 Å². The Bertz CT molecular complexity index is 701. The molecule has 26 heavy (non-hydrogen) atoms. The molecule has 1 aliphatic heterocycles. The summed E-state index contributed by atoms with van der Waals surface area (Å²) in [7, 11) is 0. The molecule has 6 nitrogen and oxygen atoms in total. The van der Waals surface area contributed by atoms with Gasteiger partial charge in [-0.05, 0) is 31.2 Å². The zero-order chi connectivity index (χ0) is 18.7. The topological polar surface area (TPSA) is 79.2 Å². The van der Waals surface area contributed by atoms with Crippen LogP contribution in [0.15, 0.2) is 60.7 Å². The van der Waals surface area contributed by atoms with E-state index in [1.165, 1.54) is 4.90 Å². The molecular weight excluding hydrogens is 341 g/mol. The number of para-hydroxylation sites is 2. The number of amides is 1. The van der Waals surface area contributed by atoms with Gasteiger partial charge >= 0.3 is 6.09 Å². The Kier molecular flexibility index (Phi) is 5.22. The van der Waals surface area contributed by atoms with Gasteiger partial charge in [-0.3, -0.25) is 0 Å². The van der Waals surface area contributed by atoms with Crippen LogP contribution in [0.3, 0.4) is 0 Å². The molecule has 1 saturated heterocycles. The number of aliphatic hydroxyl groups excluding tert-OH is 2. The van der Waals surface area contributed by atoms with Crippen molar-refractivity contribution in [3.8, 4) is 0 Å². The van der Waals surface area contributed by atoms with Gasteiger partial charge < -0.3 is 19.7 Å². The molecule has 4 atom stereocenters. The second-order valence-electron chi connectivity index (χ2n) is 6.17. The maximum Gasteiger partial charge on any atom is 0.419 e. The summed E-state index contributed by atoms with van der Waals surface area (Å²) in [6.45, 7) is 0.478. The van der Waals surface area contributed by atoms with E-state index in [2.05, 4.69) is 0 Å². The first-order chi connectivity index (χ1) is 12.4. The van der Waals surface area contributed by atoms with E-state index in [0.717, 1.165) is 6.92 Å². The van der Waals surface area contributed by atoms with Crippen LogP contribution in [0, 0.1) is 0 Å². The van der Waals surface area contributed by atoms with Crippen LogP contribution in [0.4, 0.5) is 20.6 Å². The molecule has 1 amide bonds. The Morgan fingerprint density at radius 1 is 1.15 bits per heavy atom. The van der Waals surface area contributed by atoms with E-state index in [1.807, 2.05) is 0 Å². The summed E-state index contributed by atoms with van der Waals surface area (Å²) >= 11 is 0. The van der Waals surface area contributed by atoms with Crippen molar-refractivity contribution in [2.45, 2.75) is 31.1 Å². The van der Waals surface area contributed by atoms with E-state index in [4.69, 9.17) is 9.47 Å². The fraction of sp³-hybridized carbons (Fsp3) is 0.316. The third-order valence-corrected chi connectivity index (χ3v) is 4.30. The molecule has 2 aromatic rings. The van der Waals surface area contributed by atoms with Crippen molar-refractivity contribution in [3.63, 3.8) is 0 Å². The van der Waals surface area contributed by atoms with E-state index in [-0.39, 0.29) is 0 Å². The molecule has 2 N–H and O–H groups in total. The monoisotopic (exact) mass is 361 g/mol. The van der Waals surface area contributed by atoms with Gasteiger partial charge in [0.2, 0.25) is 0 Å². The number of nitrogens with zero attached hydrogens (tertiary/aromatic N) is 1. The molecule has 0 spiro atoms. The summed E-state index contributed by atoms with van der Waals surface area (Å²) in [5.41, 5.74) is -1.28. The average Bonchev–Trinajstić information content (AvgIpc) is 2.87. The van der Waals surface area contributed by atoms with Crippen LogP contribution in [0.5, 0.6) is 0 Å². The Hall–Kier alpha value is -2.48. The van der Waals surface area contributed by atoms with Crippen LogP contribution in [0.1, 0.15) is 6.92 Å². The van der Waals surface area contributed by atoms with Crippen molar-refractivity contribution in [3.05, 3.63) is 60.7 Å². The number of hydrogen-bond acceptors (Lipinski definition) is 5. The van der Waals surface area contributed by atoms with Gasteiger partial charge in [-0.2, -0.15) is 0 Å². The summed E-state index contributed by atoms with van der Waals surface area (Å²) in [5.74, 6) is 0. The van der Waals surface area contributed by atoms with Gasteiger partial charge in [0, 0.05) is 0 Å². The number of rotatable bonds is 4. The van der Waals surface area contributed by atoms with Crippen molar-refractivity contribution < 1.29 is 28.9 Å². The first kappa shape index (κ1) is 18.3. The molecule has 1 aliphatic rings. The fourth-order valence-corrected chi connectivity index (χ4v) is 2.88. The minimum Gasteiger partial charge on any atom is -0.439 e. The highest BCUT2D eigenvalue weighted by atomic mass is 19.1. The number of carbonyl (C=O) groups excluding carboxylic acids is 1. The summed E-state index contributed by atoms with van der Waals surface area (Å²) in [4.78, 5) is 14.2. The highest BCUT2D eigenvalue weighted by molar-refractivity contribution is 5.96. The molecule has 0 unspecified atom stereocenters. The zero-order valence-electron chi connectivity index (χ0n) is 14.2. The normalized spacial score (nSPS) is 27.9. The van der Waals surface area contributed by atoms with Gasteiger partial charge in [0.15, 0.2) is 18.1 Å². The molecule has 1 fully saturated rings. The van der Waals surface area contributed by atoms with E-state index in [0.29, 0.717) is 11.4 Å². The number of benzene rings is 2. The molecular formula is C19H20FNO5. The van der Waals surface area contributed by atoms with Gasteiger partial charge in [0.05, 0.1) is 18.0 Å². The lowest BCUT2D eigenvalue weighted by Gasteiger charge is -2.29. The first-order valence-corrected chi connectivity index (χ1v) is 8.19. The molecule has 138 valence electrons. The van der Waals surface area contributed by atoms with Crippen molar-refractivity contribution >= 4 is 17.5 Å². The third-order valence-electron chi connectivity index (χ3n) is 4.30. The predicted octanol–water partition coefficient (Wildman–Crippen LogP) is 2.77. The van der Waals surface area contributed by atoms with Gasteiger partial charge in [0.1, 0.15) is 6.10 Å². The second kappa shape index (κ2) is 7.41. The summed E-state index contributed by atoms with van der Waals surface area (Å²) in [6, 6.07) is 17.5. The van der Waals surface area contributed by atoms with E-state index < -0.39 is 36.9 Å². The first-order valence-electron chi connectivity index (χ1n) is 8.19. The number of anilines is 2. The molecule has 0 aliphatic carbocycles. The maximum absolute atomic E-state index is 14.8. The highest BCUT2D eigenvalue weighted by Crippen LogP contribution is 2.36. The van der Waals surface area contributed by atoms with Gasteiger partial charge in [0.25, 0.3) is 0 Å². The number of alkyl halides is 1. The number of aliphatic hydroxyl groups is 2. The standard InChI is InChI=1S/C19H20FNO5/c1-19(20)16(15(12-22)25-17(19)23)26-18(24)21(13-8-4-2-5-9-13)14-10-6-3-7-11-14/h2-11,15-17,22-23H,12H2,1H3/t15-,16-,17-,19-/m1/s1. The van der Waals surface area contributed by atoms with Crippen LogP contribution < -0.4 is 4.90 Å². The summed E-state index contributed by atoms with van der Waals surface area (Å²) in [5, 5.41) is 19.1. The lowest BCUT2D eigenvalue weighted by molar-refractivity contribution is -0.143. The Morgan fingerprint density at radius 3 is 2.12 bits per heavy atom. The molecule has 2 aromatic carbocycles. The largest absolute Gasteiger partial charge is 0.439 e. The molecule has 1 heterocycles. The van der Waals surface area contributed by atoms with E-state index in [9.17, 15) is 19.4 Å². The van der Waals surface area contributed by atoms with Crippen LogP contribution in [-0.2, 0) is 9.47 Å². The van der Waals surface area contributed by atoms with Crippen molar-refractivity contribution in [1.82, 2.24) is 0 Å². The average molecular weight is 361 g/mol. The van der Waals surface area contributed by atoms with Crippen molar-refractivity contribution in [2.75, 3.05) is 11.5 Å². The quantitative estimate of drug-likeness (QED) is 0.875. The number of halogens is 1. The minimum absolute atomic E-state index is 0.532. The molecule has 0 bridgehead atoms. The summed E-state index contributed by atoms with van der Waals surface area (Å²) < 4.78 is 25.1. The third kappa shape index (κ3) is 3.41. The van der Waals surface area contributed by atoms with E-state index in [1.54, 1.807) is 60.7 Å². The molecule has 0 aromatic heterocycles. The molecule has 0 saturated carbocycles. The van der Waals surface area contributed by atoms with Crippen LogP contribution in [-0.4, -0.2) is 47.1 Å². The Balaban J connectivity index is 1.91. The van der Waals surface area contributed by atoms with Crippen LogP contribution in [0.2, 0.25) is 0 Å². The lowest BCUT2D eigenvalue weighted by atomic mass is 10.00. The molecule has 3 rings (SSSR count). The fourth-order valence-electron chi connectivity index (χ4n) is 2.88. The zero-order valence-corrected chi connectivity index (χ0v) is 14.2. The number of ether oxygens (including phenoxy) is 2. The second-order valence-corrected chi connectivity index (χ2v) is 6.17. The SMILES string of the molecule is C[C@]1(F)[C@H](O)O[C@H](CO)[C@H]1OC(=O)N(c1ccccc1)c1ccccc1.